The summed E-state index contributed by atoms with van der Waals surface area (Å²) in [4.78, 5) is 24.1. The summed E-state index contributed by atoms with van der Waals surface area (Å²) in [6, 6.07) is 14.3. The number of rotatable bonds is 2. The van der Waals surface area contributed by atoms with Crippen molar-refractivity contribution in [1.82, 2.24) is 10.2 Å². The number of benzene rings is 2. The minimum absolute atomic E-state index is 0.0311. The van der Waals surface area contributed by atoms with Gasteiger partial charge in [-0.2, -0.15) is 5.10 Å². The van der Waals surface area contributed by atoms with Crippen molar-refractivity contribution >= 4 is 11.8 Å². The summed E-state index contributed by atoms with van der Waals surface area (Å²) in [5, 5.41) is 7.25. The van der Waals surface area contributed by atoms with Crippen molar-refractivity contribution in [1.29, 1.82) is 0 Å². The van der Waals surface area contributed by atoms with Gasteiger partial charge in [0.2, 0.25) is 0 Å². The van der Waals surface area contributed by atoms with Gasteiger partial charge >= 0.3 is 5.97 Å². The summed E-state index contributed by atoms with van der Waals surface area (Å²) in [6.07, 6.45) is 0. The molecule has 4 rings (SSSR count). The number of nitrogens with one attached hydrogen (secondary N) is 1. The molecule has 0 unspecified atom stereocenters. The second-order valence-electron chi connectivity index (χ2n) is 5.27. The molecule has 0 saturated carbocycles. The molecule has 1 N–H and O–H groups in total. The molecule has 2 aromatic carbocycles. The highest BCUT2D eigenvalue weighted by molar-refractivity contribution is 6.23. The van der Waals surface area contributed by atoms with E-state index in [0.717, 1.165) is 16.8 Å². The Kier molecular flexibility index (Phi) is 2.87. The summed E-state index contributed by atoms with van der Waals surface area (Å²) in [5.74, 6) is -0.427. The minimum atomic E-state index is -0.396. The molecule has 112 valence electrons. The zero-order valence-corrected chi connectivity index (χ0v) is 12.3. The van der Waals surface area contributed by atoms with Crippen LogP contribution in [-0.2, 0) is 4.74 Å². The lowest BCUT2D eigenvalue weighted by atomic mass is 10.0. The topological polar surface area (TPSA) is 72.0 Å². The minimum Gasteiger partial charge on any atom is -0.465 e. The van der Waals surface area contributed by atoms with E-state index in [9.17, 15) is 9.59 Å². The second-order valence-corrected chi connectivity index (χ2v) is 5.27. The number of aromatic amines is 1. The van der Waals surface area contributed by atoms with Crippen molar-refractivity contribution in [2.24, 2.45) is 0 Å². The average Bonchev–Trinajstić information content (AvgIpc) is 3.15. The standard InChI is InChI=1S/C18H12N2O3/c1-23-18(22)11-8-6-10(7-9-11)15-14-16(20-19-15)12-4-2-3-5-13(12)17(14)21/h2-9H,1H3,(H,19,20). The van der Waals surface area contributed by atoms with E-state index in [1.807, 2.05) is 24.3 Å². The molecule has 0 saturated heterocycles. The Labute approximate surface area is 131 Å². The molecule has 0 bridgehead atoms. The van der Waals surface area contributed by atoms with Crippen LogP contribution >= 0.6 is 0 Å². The van der Waals surface area contributed by atoms with Crippen LogP contribution < -0.4 is 0 Å². The molecule has 0 fully saturated rings. The number of aromatic nitrogens is 2. The van der Waals surface area contributed by atoms with E-state index in [1.54, 1.807) is 24.3 Å². The zero-order chi connectivity index (χ0) is 16.0. The van der Waals surface area contributed by atoms with Crippen LogP contribution in [0.15, 0.2) is 48.5 Å². The molecule has 5 heteroatoms. The molecule has 0 amide bonds. The first-order valence-corrected chi connectivity index (χ1v) is 7.12. The molecular weight excluding hydrogens is 292 g/mol. The van der Waals surface area contributed by atoms with Crippen molar-refractivity contribution in [3.63, 3.8) is 0 Å². The number of hydrogen-bond acceptors (Lipinski definition) is 4. The normalized spacial score (nSPS) is 12.0. The highest BCUT2D eigenvalue weighted by Crippen LogP contribution is 2.39. The van der Waals surface area contributed by atoms with E-state index in [0.29, 0.717) is 22.4 Å². The highest BCUT2D eigenvalue weighted by Gasteiger charge is 2.32. The number of carbonyl (C=O) groups is 2. The van der Waals surface area contributed by atoms with Crippen molar-refractivity contribution in [2.75, 3.05) is 7.11 Å². The van der Waals surface area contributed by atoms with E-state index in [2.05, 4.69) is 14.9 Å². The van der Waals surface area contributed by atoms with Gasteiger partial charge in [0.05, 0.1) is 23.9 Å². The maximum Gasteiger partial charge on any atom is 0.337 e. The monoisotopic (exact) mass is 304 g/mol. The molecular formula is C18H12N2O3. The molecule has 0 spiro atoms. The Balaban J connectivity index is 1.80. The van der Waals surface area contributed by atoms with E-state index in [4.69, 9.17) is 0 Å². The number of ether oxygens (including phenoxy) is 1. The van der Waals surface area contributed by atoms with Crippen LogP contribution in [0.2, 0.25) is 0 Å². The molecule has 23 heavy (non-hydrogen) atoms. The molecule has 5 nitrogen and oxygen atoms in total. The Morgan fingerprint density at radius 3 is 2.43 bits per heavy atom. The lowest BCUT2D eigenvalue weighted by Gasteiger charge is -2.02. The van der Waals surface area contributed by atoms with Gasteiger partial charge in [0.15, 0.2) is 5.78 Å². The van der Waals surface area contributed by atoms with E-state index in [-0.39, 0.29) is 5.78 Å². The van der Waals surface area contributed by atoms with Crippen molar-refractivity contribution in [3.8, 4) is 22.5 Å². The molecule has 0 radical (unpaired) electrons. The van der Waals surface area contributed by atoms with Crippen LogP contribution in [0.25, 0.3) is 22.5 Å². The summed E-state index contributed by atoms with van der Waals surface area (Å²) in [6.45, 7) is 0. The Morgan fingerprint density at radius 2 is 1.74 bits per heavy atom. The third kappa shape index (κ3) is 1.90. The molecule has 0 atom stereocenters. The maximum atomic E-state index is 12.6. The van der Waals surface area contributed by atoms with E-state index < -0.39 is 5.97 Å². The first-order chi connectivity index (χ1) is 11.2. The molecule has 1 aliphatic rings. The molecule has 1 aromatic heterocycles. The SMILES string of the molecule is COC(=O)c1ccc(-c2n[nH]c3c2C(=O)c2ccccc2-3)cc1. The van der Waals surface area contributed by atoms with Crippen LogP contribution in [-0.4, -0.2) is 29.1 Å². The van der Waals surface area contributed by atoms with Crippen molar-refractivity contribution < 1.29 is 14.3 Å². The van der Waals surface area contributed by atoms with Crippen LogP contribution in [0.1, 0.15) is 26.3 Å². The van der Waals surface area contributed by atoms with Crippen LogP contribution in [0.5, 0.6) is 0 Å². The number of nitrogens with zero attached hydrogens (tertiary/aromatic N) is 1. The number of esters is 1. The molecule has 1 heterocycles. The van der Waals surface area contributed by atoms with Gasteiger partial charge in [-0.05, 0) is 12.1 Å². The third-order valence-electron chi connectivity index (χ3n) is 4.01. The summed E-state index contributed by atoms with van der Waals surface area (Å²) in [5.41, 5.74) is 4.71. The van der Waals surface area contributed by atoms with E-state index in [1.165, 1.54) is 7.11 Å². The Hall–Kier alpha value is -3.21. The first-order valence-electron chi connectivity index (χ1n) is 7.12. The third-order valence-corrected chi connectivity index (χ3v) is 4.01. The van der Waals surface area contributed by atoms with Gasteiger partial charge in [0.25, 0.3) is 0 Å². The smallest absolute Gasteiger partial charge is 0.337 e. The number of H-pyrrole nitrogens is 1. The number of methoxy groups -OCH3 is 1. The number of ketones is 1. The predicted octanol–water partition coefficient (Wildman–Crippen LogP) is 3.07. The summed E-state index contributed by atoms with van der Waals surface area (Å²) in [7, 11) is 1.34. The maximum absolute atomic E-state index is 12.6. The fourth-order valence-corrected chi connectivity index (χ4v) is 2.88. The molecule has 3 aromatic rings. The van der Waals surface area contributed by atoms with Crippen molar-refractivity contribution in [2.45, 2.75) is 0 Å². The van der Waals surface area contributed by atoms with Gasteiger partial charge in [-0.1, -0.05) is 36.4 Å². The highest BCUT2D eigenvalue weighted by atomic mass is 16.5. The van der Waals surface area contributed by atoms with Gasteiger partial charge in [0, 0.05) is 16.7 Å². The fourth-order valence-electron chi connectivity index (χ4n) is 2.88. The molecule has 0 aliphatic heterocycles. The van der Waals surface area contributed by atoms with Gasteiger partial charge in [-0.25, -0.2) is 4.79 Å². The first kappa shape index (κ1) is 13.5. The lowest BCUT2D eigenvalue weighted by Crippen LogP contribution is -2.01. The number of fused-ring (bicyclic) bond motifs is 3. The molecule has 1 aliphatic carbocycles. The Morgan fingerprint density at radius 1 is 1.04 bits per heavy atom. The number of hydrogen-bond donors (Lipinski definition) is 1. The van der Waals surface area contributed by atoms with Gasteiger partial charge in [-0.15, -0.1) is 0 Å². The van der Waals surface area contributed by atoms with Gasteiger partial charge in [0.1, 0.15) is 5.69 Å². The van der Waals surface area contributed by atoms with Crippen molar-refractivity contribution in [3.05, 3.63) is 65.2 Å². The van der Waals surface area contributed by atoms with Crippen LogP contribution in [0.3, 0.4) is 0 Å². The number of carbonyl (C=O) groups excluding carboxylic acids is 2. The largest absolute Gasteiger partial charge is 0.465 e. The van der Waals surface area contributed by atoms with E-state index >= 15 is 0 Å². The Bertz CT molecular complexity index is 939. The lowest BCUT2D eigenvalue weighted by molar-refractivity contribution is 0.0600. The quantitative estimate of drug-likeness (QED) is 0.578. The summed E-state index contributed by atoms with van der Waals surface area (Å²) < 4.78 is 4.69. The van der Waals surface area contributed by atoms with Gasteiger partial charge < -0.3 is 4.74 Å². The van der Waals surface area contributed by atoms with Crippen LogP contribution in [0, 0.1) is 0 Å². The summed E-state index contributed by atoms with van der Waals surface area (Å²) >= 11 is 0. The fraction of sp³-hybridized carbons (Fsp3) is 0.0556. The second kappa shape index (κ2) is 4.91. The van der Waals surface area contributed by atoms with Crippen LogP contribution in [0.4, 0.5) is 0 Å². The predicted molar refractivity (Wildman–Crippen MR) is 84.2 cm³/mol. The zero-order valence-electron chi connectivity index (χ0n) is 12.3. The average molecular weight is 304 g/mol. The van der Waals surface area contributed by atoms with Gasteiger partial charge in [-0.3, -0.25) is 9.89 Å².